The number of benzene rings is 6. The van der Waals surface area contributed by atoms with E-state index in [4.69, 9.17) is 0 Å². The van der Waals surface area contributed by atoms with Crippen LogP contribution in [-0.2, 0) is 27.1 Å². The van der Waals surface area contributed by atoms with Crippen molar-refractivity contribution >= 4 is 72.0 Å². The van der Waals surface area contributed by atoms with Crippen molar-refractivity contribution in [2.24, 2.45) is 0 Å². The van der Waals surface area contributed by atoms with E-state index in [1.807, 2.05) is 11.3 Å². The highest BCUT2D eigenvalue weighted by atomic mass is 32.1. The third kappa shape index (κ3) is 5.65. The second kappa shape index (κ2) is 13.2. The van der Waals surface area contributed by atoms with Gasteiger partial charge in [-0.2, -0.15) is 0 Å². The van der Waals surface area contributed by atoms with Crippen LogP contribution in [0.25, 0.3) is 42.4 Å². The molecule has 0 radical (unpaired) electrons. The normalized spacial score (nSPS) is 22.4. The minimum absolute atomic E-state index is 0.00319. The quantitative estimate of drug-likeness (QED) is 0.160. The second-order valence-electron chi connectivity index (χ2n) is 24.9. The molecule has 2 unspecified atom stereocenters. The molecule has 0 saturated heterocycles. The van der Waals surface area contributed by atoms with Crippen LogP contribution in [0.15, 0.2) is 97.1 Å². The van der Waals surface area contributed by atoms with Gasteiger partial charge in [-0.1, -0.05) is 144 Å². The molecule has 2 atom stereocenters. The van der Waals surface area contributed by atoms with E-state index in [1.165, 1.54) is 137 Å². The van der Waals surface area contributed by atoms with Crippen LogP contribution in [-0.4, -0.2) is 12.4 Å². The first kappa shape index (κ1) is 41.6. The van der Waals surface area contributed by atoms with Crippen molar-refractivity contribution in [1.82, 2.24) is 0 Å². The van der Waals surface area contributed by atoms with Crippen LogP contribution in [0.2, 0.25) is 0 Å². The lowest BCUT2D eigenvalue weighted by Crippen LogP contribution is -2.64. The van der Waals surface area contributed by atoms with Crippen molar-refractivity contribution in [2.45, 2.75) is 161 Å². The Bertz CT molecular complexity index is 3190. The molecule has 0 spiro atoms. The average molecular weight is 871 g/mol. The molecule has 4 heteroatoms. The van der Waals surface area contributed by atoms with E-state index in [0.29, 0.717) is 0 Å². The van der Waals surface area contributed by atoms with Gasteiger partial charge in [-0.05, 0) is 159 Å². The maximum absolute atomic E-state index is 2.90. The highest BCUT2D eigenvalue weighted by Gasteiger charge is 2.62. The first-order valence-electron chi connectivity index (χ1n) is 24.8. The van der Waals surface area contributed by atoms with Gasteiger partial charge in [0, 0.05) is 59.5 Å². The zero-order valence-corrected chi connectivity index (χ0v) is 42.2. The molecular formula is C61H67BN2S. The summed E-state index contributed by atoms with van der Waals surface area (Å²) in [5, 5.41) is 2.80. The fourth-order valence-corrected chi connectivity index (χ4v) is 14.7. The Hall–Kier alpha value is -4.80. The van der Waals surface area contributed by atoms with Crippen molar-refractivity contribution in [2.75, 3.05) is 9.71 Å². The van der Waals surface area contributed by atoms with Crippen LogP contribution in [0.1, 0.15) is 155 Å². The van der Waals surface area contributed by atoms with Gasteiger partial charge in [-0.15, -0.1) is 11.3 Å². The number of thiophene rings is 1. The Labute approximate surface area is 393 Å². The number of hydrogen-bond donors (Lipinski definition) is 0. The van der Waals surface area contributed by atoms with Gasteiger partial charge in [0.1, 0.15) is 0 Å². The molecule has 7 aromatic rings. The summed E-state index contributed by atoms with van der Waals surface area (Å²) in [6, 6.07) is 39.6. The third-order valence-electron chi connectivity index (χ3n) is 17.8. The first-order chi connectivity index (χ1) is 30.6. The molecule has 12 rings (SSSR count). The topological polar surface area (TPSA) is 6.48 Å². The average Bonchev–Trinajstić information content (AvgIpc) is 3.71. The lowest BCUT2D eigenvalue weighted by Gasteiger charge is -2.53. The maximum atomic E-state index is 2.90. The largest absolute Gasteiger partial charge is 0.376 e. The number of hydrogen-bond acceptors (Lipinski definition) is 3. The van der Waals surface area contributed by atoms with Gasteiger partial charge in [0.2, 0.25) is 0 Å². The highest BCUT2D eigenvalue weighted by Crippen LogP contribution is 2.63. The van der Waals surface area contributed by atoms with Crippen molar-refractivity contribution in [3.05, 3.63) is 130 Å². The van der Waals surface area contributed by atoms with Gasteiger partial charge in [0.15, 0.2) is 0 Å². The standard InChI is InChI=1S/C61H67BN2S/c1-36-27-44-41-34-52-43(42-32-45-46(35-53(42)65-52)59(10,11)26-25-58(45,8)9)33-50(41)64(49-22-21-38(56(2,3)4)29-40(49)37-19-15-14-16-20-37)62-48-31-39(57(5,6)7)30-47-55(48)63(51(28-36)54(44)62)61(13)24-18-17-23-60(47,61)12/h14-16,19-22,27-35H,17-18,23-26H2,1-13H3. The molecule has 330 valence electrons. The summed E-state index contributed by atoms with van der Waals surface area (Å²) in [6.45, 7) is 31.8. The van der Waals surface area contributed by atoms with Crippen LogP contribution >= 0.6 is 11.3 Å². The first-order valence-corrected chi connectivity index (χ1v) is 25.6. The van der Waals surface area contributed by atoms with Crippen LogP contribution in [0, 0.1) is 6.92 Å². The van der Waals surface area contributed by atoms with E-state index in [-0.39, 0.29) is 39.5 Å². The Morgan fingerprint density at radius 2 is 1.22 bits per heavy atom. The number of aryl methyl sites for hydroxylation is 1. The SMILES string of the molecule is Cc1cc2c3c(c1)N1c4c(cc(C(C)(C)C)cc4C4(C)CCCCC14C)B3N(c1ccc(C(C)(C)C)cc1-c1ccccc1)c1cc3c(cc1-2)sc1cc2c(cc13)C(C)(C)CCC2(C)C. The third-order valence-corrected chi connectivity index (χ3v) is 18.9. The fraction of sp³-hybridized carbons (Fsp3) is 0.410. The molecule has 6 aromatic carbocycles. The molecule has 0 bridgehead atoms. The predicted molar refractivity (Wildman–Crippen MR) is 284 cm³/mol. The molecule has 1 fully saturated rings. The summed E-state index contributed by atoms with van der Waals surface area (Å²) >= 11 is 2.00. The lowest BCUT2D eigenvalue weighted by atomic mass is 9.43. The Morgan fingerprint density at radius 3 is 1.92 bits per heavy atom. The van der Waals surface area contributed by atoms with Gasteiger partial charge in [0.05, 0.1) is 5.54 Å². The molecule has 1 aromatic heterocycles. The van der Waals surface area contributed by atoms with E-state index in [0.717, 1.165) is 0 Å². The summed E-state index contributed by atoms with van der Waals surface area (Å²) < 4.78 is 2.80. The molecule has 2 aliphatic carbocycles. The Morgan fingerprint density at radius 1 is 0.554 bits per heavy atom. The van der Waals surface area contributed by atoms with Gasteiger partial charge in [-0.25, -0.2) is 0 Å². The van der Waals surface area contributed by atoms with Gasteiger partial charge in [-0.3, -0.25) is 0 Å². The fourth-order valence-electron chi connectivity index (χ4n) is 13.5. The minimum atomic E-state index is -0.0316. The van der Waals surface area contributed by atoms with Crippen molar-refractivity contribution in [3.63, 3.8) is 0 Å². The summed E-state index contributed by atoms with van der Waals surface area (Å²) in [4.78, 5) is 5.74. The Balaban J connectivity index is 1.24. The predicted octanol–water partition coefficient (Wildman–Crippen LogP) is 16.0. The number of fused-ring (bicyclic) bond motifs is 11. The second-order valence-corrected chi connectivity index (χ2v) is 25.9. The molecule has 2 nitrogen and oxygen atoms in total. The number of nitrogens with zero attached hydrogens (tertiary/aromatic N) is 2. The monoisotopic (exact) mass is 871 g/mol. The number of anilines is 4. The lowest BCUT2D eigenvalue weighted by molar-refractivity contribution is 0.195. The molecule has 5 aliphatic rings. The van der Waals surface area contributed by atoms with E-state index in [9.17, 15) is 0 Å². The van der Waals surface area contributed by atoms with Crippen LogP contribution in [0.5, 0.6) is 0 Å². The molecule has 65 heavy (non-hydrogen) atoms. The zero-order chi connectivity index (χ0) is 45.5. The van der Waals surface area contributed by atoms with Crippen molar-refractivity contribution in [1.29, 1.82) is 0 Å². The van der Waals surface area contributed by atoms with Crippen molar-refractivity contribution in [3.8, 4) is 22.3 Å². The van der Waals surface area contributed by atoms with Crippen LogP contribution in [0.3, 0.4) is 0 Å². The molecule has 1 saturated carbocycles. The molecule has 4 heterocycles. The summed E-state index contributed by atoms with van der Waals surface area (Å²) in [6.07, 6.45) is 7.40. The smallest absolute Gasteiger partial charge is 0.333 e. The van der Waals surface area contributed by atoms with E-state index in [1.54, 1.807) is 11.1 Å². The maximum Gasteiger partial charge on any atom is 0.333 e. The minimum Gasteiger partial charge on any atom is -0.376 e. The molecular weight excluding hydrogens is 804 g/mol. The summed E-state index contributed by atoms with van der Waals surface area (Å²) in [5.74, 6) is 0. The molecule has 0 N–H and O–H groups in total. The highest BCUT2D eigenvalue weighted by molar-refractivity contribution is 7.25. The van der Waals surface area contributed by atoms with E-state index in [2.05, 4.69) is 197 Å². The van der Waals surface area contributed by atoms with Gasteiger partial charge < -0.3 is 9.71 Å². The van der Waals surface area contributed by atoms with Gasteiger partial charge >= 0.3 is 6.85 Å². The van der Waals surface area contributed by atoms with Crippen LogP contribution in [0.4, 0.5) is 22.7 Å². The Kier molecular flexibility index (Phi) is 8.46. The number of rotatable bonds is 2. The van der Waals surface area contributed by atoms with E-state index >= 15 is 0 Å². The summed E-state index contributed by atoms with van der Waals surface area (Å²) in [5.41, 5.74) is 22.9. The van der Waals surface area contributed by atoms with Crippen molar-refractivity contribution < 1.29 is 0 Å². The molecule has 3 aliphatic heterocycles. The zero-order valence-electron chi connectivity index (χ0n) is 41.4. The van der Waals surface area contributed by atoms with E-state index < -0.39 is 0 Å². The summed E-state index contributed by atoms with van der Waals surface area (Å²) in [7, 11) is 0. The molecule has 0 amide bonds. The van der Waals surface area contributed by atoms with Crippen LogP contribution < -0.4 is 20.6 Å². The van der Waals surface area contributed by atoms with Gasteiger partial charge in [0.25, 0.3) is 0 Å².